The predicted octanol–water partition coefficient (Wildman–Crippen LogP) is 16.7. The fraction of sp³-hybridized carbons (Fsp3) is 0.0154. The van der Waals surface area contributed by atoms with Gasteiger partial charge in [0.25, 0.3) is 0 Å². The van der Waals surface area contributed by atoms with Gasteiger partial charge >= 0.3 is 0 Å². The van der Waals surface area contributed by atoms with Crippen LogP contribution in [-0.2, 0) is 5.41 Å². The number of rotatable bonds is 5. The first-order valence-corrected chi connectivity index (χ1v) is 23.3. The minimum absolute atomic E-state index is 0.563. The van der Waals surface area contributed by atoms with Crippen molar-refractivity contribution in [2.45, 2.75) is 5.41 Å². The Balaban J connectivity index is 1.01. The number of para-hydroxylation sites is 1. The lowest BCUT2D eigenvalue weighted by Crippen LogP contribution is -2.29. The molecule has 316 valence electrons. The minimum atomic E-state index is -0.563. The molecule has 0 amide bonds. The number of benzene rings is 10. The molecule has 12 aromatic rings. The van der Waals surface area contributed by atoms with Gasteiger partial charge in [0.05, 0.1) is 16.8 Å². The molecule has 3 heteroatoms. The second kappa shape index (κ2) is 15.1. The predicted molar refractivity (Wildman–Crippen MR) is 278 cm³/mol. The molecule has 0 atom stereocenters. The standard InChI is InChI=1S/C65H40N2O/c1-3-17-41(18-4-1)45-35-46(42-19-5-2-6-20-42)37-47(36-45)61-40-60(66-64(67-61)44-31-33-54-53-26-12-16-30-62(53)68-63(54)39-44)43-32-34-59-55(38-43)52-25-11-15-29-58(52)65(59)56-27-13-9-23-50(56)48-21-7-8-22-49(48)51-24-10-14-28-57(51)65/h1-40H. The summed E-state index contributed by atoms with van der Waals surface area (Å²) in [7, 11) is 0. The normalized spacial score (nSPS) is 12.8. The molecule has 2 aliphatic carbocycles. The van der Waals surface area contributed by atoms with E-state index in [-0.39, 0.29) is 0 Å². The SMILES string of the molecule is c1ccc(-c2cc(-c3ccccc3)cc(-c3cc(-c4ccc5c(c4)-c4ccccc4C54c5ccccc5-c5ccccc5-c5ccccc54)nc(-c4ccc5c(c4)oc4ccccc45)n3)c2)cc1. The molecule has 3 nitrogen and oxygen atoms in total. The first-order chi connectivity index (χ1) is 33.7. The van der Waals surface area contributed by atoms with Gasteiger partial charge in [-0.2, -0.15) is 0 Å². The molecule has 14 rings (SSSR count). The molecule has 0 bridgehead atoms. The van der Waals surface area contributed by atoms with Crippen molar-refractivity contribution in [2.24, 2.45) is 0 Å². The maximum atomic E-state index is 6.44. The minimum Gasteiger partial charge on any atom is -0.456 e. The summed E-state index contributed by atoms with van der Waals surface area (Å²) in [6.07, 6.45) is 0. The summed E-state index contributed by atoms with van der Waals surface area (Å²) in [4.78, 5) is 10.9. The number of hydrogen-bond donors (Lipinski definition) is 0. The van der Waals surface area contributed by atoms with Gasteiger partial charge in [-0.3, -0.25) is 0 Å². The number of hydrogen-bond acceptors (Lipinski definition) is 3. The molecule has 2 heterocycles. The summed E-state index contributed by atoms with van der Waals surface area (Å²) in [5.74, 6) is 0.632. The van der Waals surface area contributed by atoms with E-state index in [9.17, 15) is 0 Å². The summed E-state index contributed by atoms with van der Waals surface area (Å²) >= 11 is 0. The molecule has 68 heavy (non-hydrogen) atoms. The Kier molecular flexibility index (Phi) is 8.50. The Morgan fingerprint density at radius 3 is 1.34 bits per heavy atom. The molecule has 10 aromatic carbocycles. The summed E-state index contributed by atoms with van der Waals surface area (Å²) in [5.41, 5.74) is 22.8. The van der Waals surface area contributed by atoms with Gasteiger partial charge in [-0.25, -0.2) is 9.97 Å². The number of furan rings is 1. The highest BCUT2D eigenvalue weighted by Gasteiger charge is 2.49. The van der Waals surface area contributed by atoms with Crippen LogP contribution in [0.15, 0.2) is 247 Å². The van der Waals surface area contributed by atoms with Gasteiger partial charge in [0.15, 0.2) is 5.82 Å². The first-order valence-electron chi connectivity index (χ1n) is 23.3. The average Bonchev–Trinajstić information content (AvgIpc) is 3.90. The van der Waals surface area contributed by atoms with Crippen molar-refractivity contribution in [3.63, 3.8) is 0 Å². The van der Waals surface area contributed by atoms with Crippen molar-refractivity contribution < 1.29 is 4.42 Å². The lowest BCUT2D eigenvalue weighted by atomic mass is 9.66. The quantitative estimate of drug-likeness (QED) is 0.173. The highest BCUT2D eigenvalue weighted by atomic mass is 16.3. The Morgan fingerprint density at radius 1 is 0.265 bits per heavy atom. The Hall–Kier alpha value is -8.92. The van der Waals surface area contributed by atoms with E-state index in [0.29, 0.717) is 5.82 Å². The van der Waals surface area contributed by atoms with Crippen molar-refractivity contribution in [3.05, 3.63) is 265 Å². The van der Waals surface area contributed by atoms with E-state index in [1.165, 1.54) is 55.6 Å². The van der Waals surface area contributed by atoms with Crippen LogP contribution in [0, 0.1) is 0 Å². The summed E-state index contributed by atoms with van der Waals surface area (Å²) < 4.78 is 6.44. The third-order valence-corrected chi connectivity index (χ3v) is 14.3. The second-order valence-corrected chi connectivity index (χ2v) is 18.0. The molecule has 0 fully saturated rings. The zero-order chi connectivity index (χ0) is 44.8. The van der Waals surface area contributed by atoms with Crippen LogP contribution in [0.3, 0.4) is 0 Å². The van der Waals surface area contributed by atoms with Crippen LogP contribution < -0.4 is 0 Å². The van der Waals surface area contributed by atoms with E-state index in [1.54, 1.807) is 0 Å². The Labute approximate surface area is 394 Å². The Bertz CT molecular complexity index is 3850. The number of fused-ring (bicyclic) bond motifs is 15. The lowest BCUT2D eigenvalue weighted by Gasteiger charge is -2.35. The van der Waals surface area contributed by atoms with E-state index in [2.05, 4.69) is 231 Å². The average molecular weight is 865 g/mol. The lowest BCUT2D eigenvalue weighted by molar-refractivity contribution is 0.669. The van der Waals surface area contributed by atoms with E-state index in [1.807, 2.05) is 12.1 Å². The van der Waals surface area contributed by atoms with Crippen molar-refractivity contribution in [2.75, 3.05) is 0 Å². The van der Waals surface area contributed by atoms with Crippen LogP contribution in [0.2, 0.25) is 0 Å². The topological polar surface area (TPSA) is 38.9 Å². The molecule has 2 aliphatic rings. The van der Waals surface area contributed by atoms with E-state index < -0.39 is 5.41 Å². The molecule has 2 aromatic heterocycles. The fourth-order valence-corrected chi connectivity index (χ4v) is 11.3. The van der Waals surface area contributed by atoms with E-state index in [0.717, 1.165) is 72.3 Å². The molecular formula is C65H40N2O. The van der Waals surface area contributed by atoms with Gasteiger partial charge in [0.1, 0.15) is 11.2 Å². The van der Waals surface area contributed by atoms with Gasteiger partial charge in [-0.05, 0) is 126 Å². The molecule has 0 unspecified atom stereocenters. The first kappa shape index (κ1) is 38.4. The van der Waals surface area contributed by atoms with Gasteiger partial charge in [-0.1, -0.05) is 194 Å². The van der Waals surface area contributed by atoms with Gasteiger partial charge in [0, 0.05) is 27.5 Å². The molecule has 0 saturated heterocycles. The fourth-order valence-electron chi connectivity index (χ4n) is 11.3. The van der Waals surface area contributed by atoms with Crippen molar-refractivity contribution in [1.29, 1.82) is 0 Å². The summed E-state index contributed by atoms with van der Waals surface area (Å²) in [6.45, 7) is 0. The Morgan fingerprint density at radius 2 is 0.721 bits per heavy atom. The van der Waals surface area contributed by atoms with E-state index in [4.69, 9.17) is 14.4 Å². The van der Waals surface area contributed by atoms with Crippen molar-refractivity contribution in [1.82, 2.24) is 9.97 Å². The van der Waals surface area contributed by atoms with Crippen LogP contribution in [0.1, 0.15) is 22.3 Å². The molecule has 1 spiro atoms. The zero-order valence-corrected chi connectivity index (χ0v) is 36.9. The highest BCUT2D eigenvalue weighted by Crippen LogP contribution is 2.61. The smallest absolute Gasteiger partial charge is 0.160 e. The van der Waals surface area contributed by atoms with Gasteiger partial charge < -0.3 is 4.42 Å². The highest BCUT2D eigenvalue weighted by molar-refractivity contribution is 6.06. The maximum absolute atomic E-state index is 6.44. The van der Waals surface area contributed by atoms with Crippen LogP contribution in [0.25, 0.3) is 111 Å². The second-order valence-electron chi connectivity index (χ2n) is 18.0. The third kappa shape index (κ3) is 5.79. The molecule has 0 aliphatic heterocycles. The molecule has 0 N–H and O–H groups in total. The van der Waals surface area contributed by atoms with Crippen molar-refractivity contribution in [3.8, 4) is 89.5 Å². The van der Waals surface area contributed by atoms with Crippen LogP contribution in [0.5, 0.6) is 0 Å². The maximum Gasteiger partial charge on any atom is 0.160 e. The summed E-state index contributed by atoms with van der Waals surface area (Å²) in [6, 6.07) is 87.8. The molecule has 0 saturated carbocycles. The third-order valence-electron chi connectivity index (χ3n) is 14.3. The number of aromatic nitrogens is 2. The summed E-state index contributed by atoms with van der Waals surface area (Å²) in [5, 5.41) is 2.16. The van der Waals surface area contributed by atoms with E-state index >= 15 is 0 Å². The van der Waals surface area contributed by atoms with Crippen molar-refractivity contribution >= 4 is 21.9 Å². The van der Waals surface area contributed by atoms with Crippen LogP contribution >= 0.6 is 0 Å². The number of nitrogens with zero attached hydrogens (tertiary/aromatic N) is 2. The van der Waals surface area contributed by atoms with Gasteiger partial charge in [-0.15, -0.1) is 0 Å². The largest absolute Gasteiger partial charge is 0.456 e. The van der Waals surface area contributed by atoms with Crippen LogP contribution in [-0.4, -0.2) is 9.97 Å². The van der Waals surface area contributed by atoms with Gasteiger partial charge in [0.2, 0.25) is 0 Å². The van der Waals surface area contributed by atoms with Crippen LogP contribution in [0.4, 0.5) is 0 Å². The molecular weight excluding hydrogens is 825 g/mol. The molecule has 0 radical (unpaired) electrons. The monoisotopic (exact) mass is 864 g/mol. The zero-order valence-electron chi connectivity index (χ0n) is 36.9.